The van der Waals surface area contributed by atoms with Gasteiger partial charge in [0.05, 0.1) is 5.02 Å². The van der Waals surface area contributed by atoms with Crippen LogP contribution in [0.3, 0.4) is 0 Å². The van der Waals surface area contributed by atoms with E-state index in [2.05, 4.69) is 10.3 Å². The average Bonchev–Trinajstić information content (AvgIpc) is 2.17. The minimum atomic E-state index is -3.76. The largest absolute Gasteiger partial charge is 0.358 e. The summed E-state index contributed by atoms with van der Waals surface area (Å²) in [5.74, 6) is -1.25. The summed E-state index contributed by atoms with van der Waals surface area (Å²) in [5.41, 5.74) is 0. The van der Waals surface area contributed by atoms with Crippen LogP contribution in [0.1, 0.15) is 0 Å². The Hall–Kier alpha value is -1.14. The van der Waals surface area contributed by atoms with Crippen LogP contribution in [0.4, 0.5) is 0 Å². The third-order valence-electron chi connectivity index (χ3n) is 1.62. The maximum atomic E-state index is 11.6. The first-order valence-corrected chi connectivity index (χ1v) is 6.04. The van der Waals surface area contributed by atoms with Gasteiger partial charge in [-0.2, -0.15) is 0 Å². The van der Waals surface area contributed by atoms with Crippen LogP contribution in [0.2, 0.25) is 5.02 Å². The predicted octanol–water partition coefficient (Wildman–Crippen LogP) is 0.255. The Kier molecular flexibility index (Phi) is 3.65. The predicted molar refractivity (Wildman–Crippen MR) is 55.4 cm³/mol. The zero-order chi connectivity index (χ0) is 11.5. The van der Waals surface area contributed by atoms with Crippen molar-refractivity contribution in [3.8, 4) is 0 Å². The number of aromatic nitrogens is 1. The number of carbonyl (C=O) groups excluding carboxylic acids is 1. The molecule has 0 saturated heterocycles. The van der Waals surface area contributed by atoms with Gasteiger partial charge in [-0.25, -0.2) is 13.4 Å². The fourth-order valence-corrected chi connectivity index (χ4v) is 2.60. The number of rotatable bonds is 3. The number of hydrogen-bond acceptors (Lipinski definition) is 4. The molecule has 1 aromatic rings. The van der Waals surface area contributed by atoms with E-state index in [1.165, 1.54) is 25.4 Å². The Balaban J connectivity index is 3.07. The lowest BCUT2D eigenvalue weighted by atomic mass is 10.5. The first-order valence-electron chi connectivity index (χ1n) is 4.01. The maximum Gasteiger partial charge on any atom is 0.235 e. The lowest BCUT2D eigenvalue weighted by Gasteiger charge is -2.03. The first kappa shape index (κ1) is 11.9. The number of pyridine rings is 1. The molecule has 0 aliphatic rings. The van der Waals surface area contributed by atoms with Crippen molar-refractivity contribution in [1.29, 1.82) is 0 Å². The molecule has 0 fully saturated rings. The van der Waals surface area contributed by atoms with Crippen molar-refractivity contribution < 1.29 is 13.2 Å². The van der Waals surface area contributed by atoms with E-state index in [4.69, 9.17) is 11.6 Å². The summed E-state index contributed by atoms with van der Waals surface area (Å²) in [6.45, 7) is 0. The topological polar surface area (TPSA) is 76.1 Å². The summed E-state index contributed by atoms with van der Waals surface area (Å²) in [6.07, 6.45) is 1.31. The number of amides is 1. The van der Waals surface area contributed by atoms with Gasteiger partial charge >= 0.3 is 0 Å². The molecule has 0 aromatic carbocycles. The Morgan fingerprint density at radius 3 is 2.80 bits per heavy atom. The Morgan fingerprint density at radius 1 is 1.60 bits per heavy atom. The van der Waals surface area contributed by atoms with E-state index >= 15 is 0 Å². The molecule has 7 heteroatoms. The third kappa shape index (κ3) is 2.90. The first-order chi connectivity index (χ1) is 6.97. The number of sulfone groups is 1. The highest BCUT2D eigenvalue weighted by atomic mass is 35.5. The van der Waals surface area contributed by atoms with Crippen molar-refractivity contribution in [2.24, 2.45) is 0 Å². The van der Waals surface area contributed by atoms with E-state index < -0.39 is 21.5 Å². The van der Waals surface area contributed by atoms with E-state index in [1.807, 2.05) is 0 Å². The van der Waals surface area contributed by atoms with Gasteiger partial charge < -0.3 is 5.32 Å². The Bertz CT molecular complexity index is 473. The molecule has 0 bridgehead atoms. The second-order valence-electron chi connectivity index (χ2n) is 2.72. The molecule has 0 spiro atoms. The third-order valence-corrected chi connectivity index (χ3v) is 3.59. The molecule has 5 nitrogen and oxygen atoms in total. The van der Waals surface area contributed by atoms with Crippen molar-refractivity contribution in [3.63, 3.8) is 0 Å². The second kappa shape index (κ2) is 4.59. The monoisotopic (exact) mass is 248 g/mol. The SMILES string of the molecule is CNC(=O)CS(=O)(=O)c1ncccc1Cl. The number of nitrogens with zero attached hydrogens (tertiary/aromatic N) is 1. The molecule has 15 heavy (non-hydrogen) atoms. The van der Waals surface area contributed by atoms with Crippen LogP contribution in [0.25, 0.3) is 0 Å². The maximum absolute atomic E-state index is 11.6. The van der Waals surface area contributed by atoms with Crippen LogP contribution < -0.4 is 5.32 Å². The van der Waals surface area contributed by atoms with Crippen LogP contribution in [-0.2, 0) is 14.6 Å². The molecular formula is C8H9ClN2O3S. The molecule has 82 valence electrons. The van der Waals surface area contributed by atoms with E-state index in [1.54, 1.807) is 0 Å². The zero-order valence-corrected chi connectivity index (χ0v) is 9.47. The molecule has 0 aliphatic heterocycles. The molecule has 1 amide bonds. The van der Waals surface area contributed by atoms with Crippen molar-refractivity contribution in [2.45, 2.75) is 5.03 Å². The fraction of sp³-hybridized carbons (Fsp3) is 0.250. The molecule has 0 unspecified atom stereocenters. The number of nitrogens with one attached hydrogen (secondary N) is 1. The molecule has 1 rings (SSSR count). The molecule has 1 heterocycles. The van der Waals surface area contributed by atoms with Crippen LogP contribution in [0.15, 0.2) is 23.4 Å². The number of carbonyl (C=O) groups is 1. The highest BCUT2D eigenvalue weighted by Crippen LogP contribution is 2.18. The van der Waals surface area contributed by atoms with Crippen molar-refractivity contribution >= 4 is 27.3 Å². The van der Waals surface area contributed by atoms with Crippen LogP contribution in [0.5, 0.6) is 0 Å². The van der Waals surface area contributed by atoms with E-state index in [-0.39, 0.29) is 10.0 Å². The highest BCUT2D eigenvalue weighted by molar-refractivity contribution is 7.92. The Labute approximate surface area is 92.4 Å². The molecule has 1 aromatic heterocycles. The van der Waals surface area contributed by atoms with E-state index in [0.717, 1.165) is 0 Å². The molecule has 0 aliphatic carbocycles. The quantitative estimate of drug-likeness (QED) is 0.832. The smallest absolute Gasteiger partial charge is 0.235 e. The molecule has 0 saturated carbocycles. The van der Waals surface area contributed by atoms with Gasteiger partial charge in [-0.3, -0.25) is 4.79 Å². The normalized spacial score (nSPS) is 11.1. The van der Waals surface area contributed by atoms with Gasteiger partial charge in [-0.15, -0.1) is 0 Å². The van der Waals surface area contributed by atoms with Gasteiger partial charge in [0, 0.05) is 13.2 Å². The second-order valence-corrected chi connectivity index (χ2v) is 5.03. The standard InChI is InChI=1S/C8H9ClN2O3S/c1-10-7(12)5-15(13,14)8-6(9)3-2-4-11-8/h2-4H,5H2,1H3,(H,10,12). The van der Waals surface area contributed by atoms with Gasteiger partial charge in [-0.05, 0) is 12.1 Å². The van der Waals surface area contributed by atoms with Crippen LogP contribution in [-0.4, -0.2) is 32.1 Å². The number of hydrogen-bond donors (Lipinski definition) is 1. The van der Waals surface area contributed by atoms with Gasteiger partial charge in [0.1, 0.15) is 5.75 Å². The Morgan fingerprint density at radius 2 is 2.27 bits per heavy atom. The van der Waals surface area contributed by atoms with Gasteiger partial charge in [0.15, 0.2) is 5.03 Å². The summed E-state index contributed by atoms with van der Waals surface area (Å²) in [7, 11) is -2.40. The molecular weight excluding hydrogens is 240 g/mol. The minimum Gasteiger partial charge on any atom is -0.358 e. The summed E-state index contributed by atoms with van der Waals surface area (Å²) >= 11 is 5.66. The average molecular weight is 249 g/mol. The fourth-order valence-electron chi connectivity index (χ4n) is 0.913. The van der Waals surface area contributed by atoms with Gasteiger partial charge in [-0.1, -0.05) is 11.6 Å². The lowest BCUT2D eigenvalue weighted by Crippen LogP contribution is -2.27. The van der Waals surface area contributed by atoms with Gasteiger partial charge in [0.2, 0.25) is 15.7 Å². The summed E-state index contributed by atoms with van der Waals surface area (Å²) in [4.78, 5) is 14.6. The van der Waals surface area contributed by atoms with Crippen LogP contribution in [0, 0.1) is 0 Å². The summed E-state index contributed by atoms with van der Waals surface area (Å²) in [5, 5.41) is 1.97. The number of halogens is 1. The van der Waals surface area contributed by atoms with Crippen LogP contribution >= 0.6 is 11.6 Å². The van der Waals surface area contributed by atoms with E-state index in [9.17, 15) is 13.2 Å². The summed E-state index contributed by atoms with van der Waals surface area (Å²) < 4.78 is 23.2. The molecule has 1 N–H and O–H groups in total. The van der Waals surface area contributed by atoms with Gasteiger partial charge in [0.25, 0.3) is 0 Å². The summed E-state index contributed by atoms with van der Waals surface area (Å²) in [6, 6.07) is 2.92. The zero-order valence-electron chi connectivity index (χ0n) is 7.90. The molecule has 0 radical (unpaired) electrons. The van der Waals surface area contributed by atoms with Crippen molar-refractivity contribution in [2.75, 3.05) is 12.8 Å². The van der Waals surface area contributed by atoms with Crippen molar-refractivity contribution in [1.82, 2.24) is 10.3 Å². The van der Waals surface area contributed by atoms with E-state index in [0.29, 0.717) is 0 Å². The minimum absolute atomic E-state index is 0.0152. The lowest BCUT2D eigenvalue weighted by molar-refractivity contribution is -0.118. The molecule has 0 atom stereocenters. The van der Waals surface area contributed by atoms with Crippen molar-refractivity contribution in [3.05, 3.63) is 23.4 Å². The highest BCUT2D eigenvalue weighted by Gasteiger charge is 2.22.